The number of nitrogens with zero attached hydrogens (tertiary/aromatic N) is 3. The van der Waals surface area contributed by atoms with Gasteiger partial charge in [-0.25, -0.2) is 4.98 Å². The summed E-state index contributed by atoms with van der Waals surface area (Å²) < 4.78 is 10.2. The molecule has 1 aromatic heterocycles. The molecule has 2 rings (SSSR count). The Morgan fingerprint density at radius 2 is 1.96 bits per heavy atom. The van der Waals surface area contributed by atoms with E-state index in [1.54, 1.807) is 21.3 Å². The molecule has 8 nitrogen and oxygen atoms in total. The minimum atomic E-state index is 0. The molecule has 9 heteroatoms. The third-order valence-electron chi connectivity index (χ3n) is 3.34. The molecule has 0 atom stereocenters. The number of aliphatic imine (C=N–C) groups is 1. The number of aromatic amines is 1. The van der Waals surface area contributed by atoms with E-state index in [1.165, 1.54) is 0 Å². The van der Waals surface area contributed by atoms with Crippen LogP contribution in [0.4, 0.5) is 0 Å². The van der Waals surface area contributed by atoms with Gasteiger partial charge in [0.2, 0.25) is 0 Å². The largest absolute Gasteiger partial charge is 0.497 e. The molecule has 0 saturated heterocycles. The van der Waals surface area contributed by atoms with Crippen LogP contribution in [0.3, 0.4) is 0 Å². The number of ether oxygens (including phenoxy) is 2. The van der Waals surface area contributed by atoms with E-state index >= 15 is 0 Å². The lowest BCUT2D eigenvalue weighted by molar-refractivity contribution is 0.195. The van der Waals surface area contributed by atoms with Crippen LogP contribution in [0.1, 0.15) is 12.2 Å². The summed E-state index contributed by atoms with van der Waals surface area (Å²) in [6, 6.07) is 7.62. The molecular weight excluding hydrogens is 435 g/mol. The van der Waals surface area contributed by atoms with E-state index in [4.69, 9.17) is 9.47 Å². The van der Waals surface area contributed by atoms with Crippen LogP contribution in [-0.2, 0) is 11.3 Å². The Labute approximate surface area is 164 Å². The smallest absolute Gasteiger partial charge is 0.191 e. The molecule has 0 radical (unpaired) electrons. The first-order valence-electron chi connectivity index (χ1n) is 7.76. The van der Waals surface area contributed by atoms with Crippen molar-refractivity contribution in [3.05, 3.63) is 30.1 Å². The summed E-state index contributed by atoms with van der Waals surface area (Å²) in [6.07, 6.45) is 0.918. The summed E-state index contributed by atoms with van der Waals surface area (Å²) in [5, 5.41) is 13.6. The number of halogens is 1. The van der Waals surface area contributed by atoms with Gasteiger partial charge in [-0.2, -0.15) is 5.10 Å². The highest BCUT2D eigenvalue weighted by Gasteiger charge is 2.07. The topological polar surface area (TPSA) is 96.5 Å². The number of hydrogen-bond donors (Lipinski definition) is 3. The molecule has 0 bridgehead atoms. The Balaban J connectivity index is 0.00000312. The summed E-state index contributed by atoms with van der Waals surface area (Å²) in [7, 11) is 5.06. The summed E-state index contributed by atoms with van der Waals surface area (Å²) in [6.45, 7) is 2.02. The van der Waals surface area contributed by atoms with Gasteiger partial charge in [0, 0.05) is 32.9 Å². The Morgan fingerprint density at radius 1 is 1.20 bits per heavy atom. The van der Waals surface area contributed by atoms with Crippen molar-refractivity contribution in [1.29, 1.82) is 0 Å². The number of methoxy groups -OCH3 is 2. The second-order valence-corrected chi connectivity index (χ2v) is 5.03. The maximum Gasteiger partial charge on any atom is 0.191 e. The first-order chi connectivity index (χ1) is 11.8. The van der Waals surface area contributed by atoms with Crippen molar-refractivity contribution in [2.24, 2.45) is 4.99 Å². The van der Waals surface area contributed by atoms with Gasteiger partial charge < -0.3 is 20.1 Å². The Kier molecular flexibility index (Phi) is 9.85. The number of guanidine groups is 1. The van der Waals surface area contributed by atoms with Gasteiger partial charge in [-0.15, -0.1) is 24.0 Å². The van der Waals surface area contributed by atoms with Crippen LogP contribution < -0.4 is 15.4 Å². The van der Waals surface area contributed by atoms with Crippen LogP contribution in [-0.4, -0.2) is 55.6 Å². The Hall–Kier alpha value is -1.88. The van der Waals surface area contributed by atoms with E-state index in [9.17, 15) is 0 Å². The number of H-pyrrole nitrogens is 1. The van der Waals surface area contributed by atoms with Gasteiger partial charge >= 0.3 is 0 Å². The van der Waals surface area contributed by atoms with Crippen molar-refractivity contribution in [2.45, 2.75) is 13.0 Å². The van der Waals surface area contributed by atoms with Gasteiger partial charge in [0.1, 0.15) is 11.6 Å². The van der Waals surface area contributed by atoms with Gasteiger partial charge in [0.05, 0.1) is 13.7 Å². The van der Waals surface area contributed by atoms with E-state index in [1.807, 2.05) is 24.3 Å². The third-order valence-corrected chi connectivity index (χ3v) is 3.34. The maximum absolute atomic E-state index is 5.15. The second kappa shape index (κ2) is 11.6. The lowest BCUT2D eigenvalue weighted by Crippen LogP contribution is -2.37. The predicted molar refractivity (Wildman–Crippen MR) is 108 cm³/mol. The van der Waals surface area contributed by atoms with Crippen molar-refractivity contribution < 1.29 is 9.47 Å². The third kappa shape index (κ3) is 6.86. The van der Waals surface area contributed by atoms with Crippen molar-refractivity contribution in [2.75, 3.05) is 34.4 Å². The second-order valence-electron chi connectivity index (χ2n) is 5.03. The SMILES string of the molecule is CN=C(NCCCOC)NCc1nc(-c2ccc(OC)cc2)n[nH]1.I. The van der Waals surface area contributed by atoms with Crippen molar-refractivity contribution in [1.82, 2.24) is 25.8 Å². The van der Waals surface area contributed by atoms with Crippen molar-refractivity contribution >= 4 is 29.9 Å². The molecule has 2 aromatic rings. The zero-order valence-electron chi connectivity index (χ0n) is 14.7. The predicted octanol–water partition coefficient (Wildman–Crippen LogP) is 1.80. The van der Waals surface area contributed by atoms with Crippen LogP contribution in [0.5, 0.6) is 5.75 Å². The van der Waals surface area contributed by atoms with Crippen LogP contribution >= 0.6 is 24.0 Å². The fraction of sp³-hybridized carbons (Fsp3) is 0.438. The zero-order chi connectivity index (χ0) is 17.2. The highest BCUT2D eigenvalue weighted by Crippen LogP contribution is 2.18. The van der Waals surface area contributed by atoms with E-state index in [-0.39, 0.29) is 24.0 Å². The quantitative estimate of drug-likeness (QED) is 0.241. The molecule has 138 valence electrons. The molecule has 0 amide bonds. The first-order valence-corrected chi connectivity index (χ1v) is 7.76. The number of nitrogens with one attached hydrogen (secondary N) is 3. The fourth-order valence-corrected chi connectivity index (χ4v) is 2.05. The van der Waals surface area contributed by atoms with E-state index in [2.05, 4.69) is 30.8 Å². The average molecular weight is 460 g/mol. The van der Waals surface area contributed by atoms with Gasteiger partial charge in [-0.05, 0) is 30.7 Å². The first kappa shape index (κ1) is 21.2. The summed E-state index contributed by atoms with van der Waals surface area (Å²) in [5.74, 6) is 2.91. The van der Waals surface area contributed by atoms with Crippen LogP contribution in [0.2, 0.25) is 0 Å². The highest BCUT2D eigenvalue weighted by molar-refractivity contribution is 14.0. The van der Waals surface area contributed by atoms with E-state index in [0.29, 0.717) is 18.3 Å². The van der Waals surface area contributed by atoms with Crippen molar-refractivity contribution in [3.8, 4) is 17.1 Å². The van der Waals surface area contributed by atoms with E-state index < -0.39 is 0 Å². The molecule has 0 spiro atoms. The van der Waals surface area contributed by atoms with Gasteiger partial charge in [0.25, 0.3) is 0 Å². The van der Waals surface area contributed by atoms with Crippen LogP contribution in [0.25, 0.3) is 11.4 Å². The lowest BCUT2D eigenvalue weighted by Gasteiger charge is -2.10. The molecule has 1 aromatic carbocycles. The fourth-order valence-electron chi connectivity index (χ4n) is 2.05. The normalized spacial score (nSPS) is 10.9. The lowest BCUT2D eigenvalue weighted by atomic mass is 10.2. The molecule has 0 aliphatic carbocycles. The summed E-state index contributed by atoms with van der Waals surface area (Å²) in [4.78, 5) is 8.64. The summed E-state index contributed by atoms with van der Waals surface area (Å²) >= 11 is 0. The minimum Gasteiger partial charge on any atom is -0.497 e. The molecule has 0 fully saturated rings. The van der Waals surface area contributed by atoms with Crippen LogP contribution in [0.15, 0.2) is 29.3 Å². The minimum absolute atomic E-state index is 0. The highest BCUT2D eigenvalue weighted by atomic mass is 127. The monoisotopic (exact) mass is 460 g/mol. The van der Waals surface area contributed by atoms with Crippen LogP contribution in [0, 0.1) is 0 Å². The van der Waals surface area contributed by atoms with E-state index in [0.717, 1.165) is 36.7 Å². The Morgan fingerprint density at radius 3 is 2.60 bits per heavy atom. The molecule has 0 saturated carbocycles. The molecule has 0 aliphatic rings. The average Bonchev–Trinajstić information content (AvgIpc) is 3.10. The Bertz CT molecular complexity index is 644. The standard InChI is InChI=1S/C16H24N6O2.HI/c1-17-16(18-9-4-10-23-2)19-11-14-20-15(22-21-14)12-5-7-13(24-3)8-6-12;/h5-8H,4,9-11H2,1-3H3,(H2,17,18,19)(H,20,21,22);1H. The van der Waals surface area contributed by atoms with Gasteiger partial charge in [-0.1, -0.05) is 0 Å². The number of aromatic nitrogens is 3. The molecule has 0 unspecified atom stereocenters. The molecular formula is C16H25IN6O2. The zero-order valence-corrected chi connectivity index (χ0v) is 17.0. The number of hydrogen-bond acceptors (Lipinski definition) is 5. The molecule has 1 heterocycles. The molecule has 0 aliphatic heterocycles. The van der Waals surface area contributed by atoms with Crippen molar-refractivity contribution in [3.63, 3.8) is 0 Å². The van der Waals surface area contributed by atoms with Gasteiger partial charge in [0.15, 0.2) is 11.8 Å². The summed E-state index contributed by atoms with van der Waals surface area (Å²) in [5.41, 5.74) is 0.931. The molecule has 3 N–H and O–H groups in total. The number of benzene rings is 1. The number of rotatable bonds is 8. The van der Waals surface area contributed by atoms with Gasteiger partial charge in [-0.3, -0.25) is 10.1 Å². The maximum atomic E-state index is 5.15. The molecule has 25 heavy (non-hydrogen) atoms.